The second kappa shape index (κ2) is 25.8. The Kier molecular flexibility index (Phi) is 19.6. The van der Waals surface area contributed by atoms with Crippen LogP contribution in [0.3, 0.4) is 0 Å². The number of nitrogens with zero attached hydrogens (tertiary/aromatic N) is 8. The van der Waals surface area contributed by atoms with E-state index in [1.54, 1.807) is 36.4 Å². The zero-order chi connectivity index (χ0) is 57.6. The number of hydrogen-bond donors (Lipinski definition) is 12. The Morgan fingerprint density at radius 3 is 1.00 bits per heavy atom. The minimum atomic E-state index is -5.06. The summed E-state index contributed by atoms with van der Waals surface area (Å²) in [6, 6.07) is 24.7. The Hall–Kier alpha value is -7.12. The molecule has 2 aromatic heterocycles. The maximum atomic E-state index is 12.9. The Balaban J connectivity index is 0.00000946. The van der Waals surface area contributed by atoms with Crippen LogP contribution in [-0.2, 0) is 40.5 Å². The third-order valence-corrected chi connectivity index (χ3v) is 15.3. The van der Waals surface area contributed by atoms with Crippen molar-refractivity contribution < 1.29 is 72.3 Å². The SMILES string of the molecule is O=S(=O)(O)c1cc(Nc2nc(Nc3ccc(S(=O)(=O)O)c4ccccc34)nc(N(CCO)CCO)n2)ccc1/C=C/c1ccc(Nc2nc(Nc3ccc(S(=O)(=O)O)c4ccccc34)nc(N(CCO)CCO)n2)cc1S(=O)(=O)O.[NaH]. The Morgan fingerprint density at radius 2 is 0.691 bits per heavy atom. The first kappa shape index (κ1) is 61.5. The van der Waals surface area contributed by atoms with Crippen molar-refractivity contribution >= 4 is 162 Å². The van der Waals surface area contributed by atoms with Gasteiger partial charge in [-0.25, -0.2) is 0 Å². The molecule has 12 N–H and O–H groups in total. The molecule has 33 heteroatoms. The van der Waals surface area contributed by atoms with Crippen molar-refractivity contribution in [3.05, 3.63) is 120 Å². The fourth-order valence-corrected chi connectivity index (χ4v) is 11.0. The molecule has 28 nitrogen and oxygen atoms in total. The number of aliphatic hydroxyl groups is 4. The molecule has 8 aromatic rings. The molecule has 0 unspecified atom stereocenters. The number of aromatic nitrogens is 6. The van der Waals surface area contributed by atoms with E-state index >= 15 is 0 Å². The molecule has 0 amide bonds. The van der Waals surface area contributed by atoms with E-state index in [0.717, 1.165) is 24.3 Å². The molecule has 81 heavy (non-hydrogen) atoms. The van der Waals surface area contributed by atoms with Crippen molar-refractivity contribution in [1.82, 2.24) is 29.9 Å². The number of aliphatic hydroxyl groups excluding tert-OH is 4. The fraction of sp³-hybridized carbons (Fsp3) is 0.167. The van der Waals surface area contributed by atoms with Crippen LogP contribution >= 0.6 is 0 Å². The Labute approximate surface area is 484 Å². The first-order chi connectivity index (χ1) is 38.0. The van der Waals surface area contributed by atoms with E-state index < -0.39 is 50.3 Å². The van der Waals surface area contributed by atoms with E-state index in [4.69, 9.17) is 0 Å². The van der Waals surface area contributed by atoms with Crippen LogP contribution in [0.15, 0.2) is 129 Å². The molecule has 422 valence electrons. The molecule has 0 saturated carbocycles. The van der Waals surface area contributed by atoms with Crippen molar-refractivity contribution in [3.63, 3.8) is 0 Å². The molecule has 6 aromatic carbocycles. The van der Waals surface area contributed by atoms with Crippen LogP contribution < -0.4 is 31.1 Å². The fourth-order valence-electron chi connectivity index (χ4n) is 8.18. The van der Waals surface area contributed by atoms with Gasteiger partial charge in [0.1, 0.15) is 19.6 Å². The molecule has 0 aliphatic rings. The molecule has 0 saturated heterocycles. The predicted octanol–water partition coefficient (Wildman–Crippen LogP) is 3.43. The van der Waals surface area contributed by atoms with Gasteiger partial charge in [-0.2, -0.15) is 63.6 Å². The van der Waals surface area contributed by atoms with Gasteiger partial charge in [0.25, 0.3) is 40.5 Å². The standard InChI is InChI=1S/C48H48N12O16S4.Na.H/c61-23-19-59(20-24-62)47-55-43(53-45(57-47)51-37-15-17-39(77(65,66)67)35-7-3-1-5-33(35)37)49-31-13-11-29(41(27-31)79(71,72)73)9-10-30-12-14-32(28-42(30)80(74,75)76)50-44-54-46(58-48(56-44)60(21-25-63)22-26-64)52-38-16-18-40(78(68,69)70)36-8-4-2-6-34(36)38;;/h1-18,27-28,61-64H,19-26H2,(H,65,66,67)(H,68,69,70)(H,71,72,73)(H,74,75,76)(H2,49,51,53,55,57)(H2,50,52,54,56,58);;/b10-9+;;. The van der Waals surface area contributed by atoms with Gasteiger partial charge in [-0.1, -0.05) is 72.8 Å². The zero-order valence-electron chi connectivity index (χ0n) is 41.3. The van der Waals surface area contributed by atoms with Crippen molar-refractivity contribution in [3.8, 4) is 0 Å². The number of rotatable bonds is 24. The molecule has 0 atom stereocenters. The normalized spacial score (nSPS) is 12.1. The van der Waals surface area contributed by atoms with Crippen molar-refractivity contribution in [2.75, 3.05) is 83.7 Å². The summed E-state index contributed by atoms with van der Waals surface area (Å²) in [5.74, 6) is -0.952. The van der Waals surface area contributed by atoms with E-state index in [0.29, 0.717) is 10.8 Å². The average Bonchev–Trinajstić information content (AvgIpc) is 3.44. The molecule has 0 aliphatic carbocycles. The van der Waals surface area contributed by atoms with Gasteiger partial charge in [0, 0.05) is 70.5 Å². The third-order valence-electron chi connectivity index (χ3n) is 11.6. The van der Waals surface area contributed by atoms with Crippen LogP contribution in [-0.4, -0.2) is 184 Å². The second-order valence-corrected chi connectivity index (χ2v) is 22.5. The van der Waals surface area contributed by atoms with Crippen LogP contribution in [0.2, 0.25) is 0 Å². The molecule has 0 spiro atoms. The summed E-state index contributed by atoms with van der Waals surface area (Å²) in [5, 5.41) is 51.8. The van der Waals surface area contributed by atoms with E-state index in [-0.39, 0.29) is 172 Å². The summed E-state index contributed by atoms with van der Waals surface area (Å²) in [7, 11) is -19.4. The summed E-state index contributed by atoms with van der Waals surface area (Å²) in [6.45, 7) is -1.78. The molecule has 0 radical (unpaired) electrons. The maximum absolute atomic E-state index is 12.9. The second-order valence-electron chi connectivity index (χ2n) is 17.0. The first-order valence-corrected chi connectivity index (χ1v) is 29.2. The quantitative estimate of drug-likeness (QED) is 0.0234. The number of benzene rings is 6. The van der Waals surface area contributed by atoms with Gasteiger partial charge < -0.3 is 51.5 Å². The Morgan fingerprint density at radius 1 is 0.383 bits per heavy atom. The average molecular weight is 1200 g/mol. The van der Waals surface area contributed by atoms with Gasteiger partial charge in [0.15, 0.2) is 0 Å². The van der Waals surface area contributed by atoms with Crippen molar-refractivity contribution in [1.29, 1.82) is 0 Å². The molecule has 0 fully saturated rings. The molecule has 0 aliphatic heterocycles. The van der Waals surface area contributed by atoms with E-state index in [1.807, 2.05) is 0 Å². The van der Waals surface area contributed by atoms with Crippen LogP contribution in [0.25, 0.3) is 33.7 Å². The van der Waals surface area contributed by atoms with Gasteiger partial charge in [-0.3, -0.25) is 18.2 Å². The summed E-state index contributed by atoms with van der Waals surface area (Å²) in [6.07, 6.45) is 2.29. The first-order valence-electron chi connectivity index (χ1n) is 23.4. The van der Waals surface area contributed by atoms with Gasteiger partial charge in [-0.05, 0) is 59.7 Å². The van der Waals surface area contributed by atoms with Crippen LogP contribution in [0.4, 0.5) is 58.4 Å². The molecule has 8 rings (SSSR count). The minimum absolute atomic E-state index is 0. The molecule has 2 heterocycles. The van der Waals surface area contributed by atoms with Crippen molar-refractivity contribution in [2.24, 2.45) is 0 Å². The van der Waals surface area contributed by atoms with Gasteiger partial charge in [0.2, 0.25) is 35.7 Å². The van der Waals surface area contributed by atoms with Crippen molar-refractivity contribution in [2.45, 2.75) is 19.6 Å². The molecular formula is C48H49N12NaO16S4. The molecule has 0 bridgehead atoms. The van der Waals surface area contributed by atoms with Gasteiger partial charge in [-0.15, -0.1) is 0 Å². The summed E-state index contributed by atoms with van der Waals surface area (Å²) >= 11 is 0. The van der Waals surface area contributed by atoms with Gasteiger partial charge in [0.05, 0.1) is 26.4 Å². The van der Waals surface area contributed by atoms with Crippen LogP contribution in [0.5, 0.6) is 0 Å². The third kappa shape index (κ3) is 15.1. The van der Waals surface area contributed by atoms with E-state index in [1.165, 1.54) is 70.5 Å². The number of fused-ring (bicyclic) bond motifs is 2. The topological polar surface area (TPSA) is 430 Å². The van der Waals surface area contributed by atoms with Crippen LogP contribution in [0.1, 0.15) is 11.1 Å². The van der Waals surface area contributed by atoms with Gasteiger partial charge >= 0.3 is 29.6 Å². The zero-order valence-corrected chi connectivity index (χ0v) is 44.5. The predicted molar refractivity (Wildman–Crippen MR) is 302 cm³/mol. The van der Waals surface area contributed by atoms with Crippen LogP contribution in [0, 0.1) is 0 Å². The summed E-state index contributed by atoms with van der Waals surface area (Å²) in [5.41, 5.74) is 0.163. The van der Waals surface area contributed by atoms with E-state index in [2.05, 4.69) is 51.2 Å². The Bertz CT molecular complexity index is 3880. The number of hydrogen-bond acceptors (Lipinski definition) is 24. The summed E-state index contributed by atoms with van der Waals surface area (Å²) < 4.78 is 141. The number of nitrogens with one attached hydrogen (secondary N) is 4. The summed E-state index contributed by atoms with van der Waals surface area (Å²) in [4.78, 5) is 27.1. The number of anilines is 10. The molecular weight excluding hydrogens is 1150 g/mol. The van der Waals surface area contributed by atoms with E-state index in [9.17, 15) is 72.3 Å². The monoisotopic (exact) mass is 1200 g/mol.